The van der Waals surface area contributed by atoms with Gasteiger partial charge in [0.2, 0.25) is 11.1 Å². The van der Waals surface area contributed by atoms with Gasteiger partial charge in [0.05, 0.1) is 13.0 Å². The van der Waals surface area contributed by atoms with E-state index in [-0.39, 0.29) is 24.5 Å². The van der Waals surface area contributed by atoms with Gasteiger partial charge in [-0.15, -0.1) is 21.9 Å². The van der Waals surface area contributed by atoms with Crippen LogP contribution in [0.15, 0.2) is 46.8 Å². The number of urea groups is 1. The van der Waals surface area contributed by atoms with Gasteiger partial charge in [0, 0.05) is 18.6 Å². The van der Waals surface area contributed by atoms with Gasteiger partial charge < -0.3 is 15.7 Å². The molecule has 1 aromatic carbocycles. The summed E-state index contributed by atoms with van der Waals surface area (Å²) in [6, 6.07) is 5.14. The lowest BCUT2D eigenvalue weighted by Crippen LogP contribution is -2.71. The van der Waals surface area contributed by atoms with Crippen LogP contribution in [0.2, 0.25) is 0 Å². The first-order valence-corrected chi connectivity index (χ1v) is 13.7. The van der Waals surface area contributed by atoms with Gasteiger partial charge in [-0.2, -0.15) is 0 Å². The zero-order chi connectivity index (χ0) is 27.7. The number of thioether (sulfide) groups is 2. The summed E-state index contributed by atoms with van der Waals surface area (Å²) in [4.78, 5) is 69.3. The summed E-state index contributed by atoms with van der Waals surface area (Å²) in [5, 5.41) is 26.6. The Hall–Kier alpha value is -3.96. The number of hydrogen-bond acceptors (Lipinski definition) is 11. The first kappa shape index (κ1) is 26.6. The molecule has 17 heteroatoms. The van der Waals surface area contributed by atoms with Crippen molar-refractivity contribution in [2.45, 2.75) is 29.0 Å². The van der Waals surface area contributed by atoms with Gasteiger partial charge in [-0.3, -0.25) is 24.1 Å². The van der Waals surface area contributed by atoms with E-state index >= 15 is 0 Å². The molecular weight excluding hydrogens is 552 g/mol. The number of tetrazole rings is 1. The summed E-state index contributed by atoms with van der Waals surface area (Å²) < 4.78 is 1.46. The minimum atomic E-state index is -1.25. The van der Waals surface area contributed by atoms with Gasteiger partial charge in [0.25, 0.3) is 11.8 Å². The normalized spacial score (nSPS) is 21.4. The van der Waals surface area contributed by atoms with Gasteiger partial charge in [0.15, 0.2) is 0 Å². The number of nitrogens with one attached hydrogen (secondary N) is 2. The topological polar surface area (TPSA) is 189 Å². The number of aryl methyl sites for hydroxylation is 1. The minimum Gasteiger partial charge on any atom is -0.477 e. The molecule has 1 aromatic heterocycles. The number of carboxylic acid groups (broad SMARTS) is 1. The fourth-order valence-electron chi connectivity index (χ4n) is 4.22. The van der Waals surface area contributed by atoms with E-state index in [4.69, 9.17) is 4.84 Å². The Balaban J connectivity index is 1.30. The molecule has 2 saturated heterocycles. The fourth-order valence-corrected chi connectivity index (χ4v) is 6.56. The van der Waals surface area contributed by atoms with Crippen molar-refractivity contribution in [2.75, 3.05) is 18.1 Å². The van der Waals surface area contributed by atoms with E-state index in [1.54, 1.807) is 37.4 Å². The van der Waals surface area contributed by atoms with Gasteiger partial charge >= 0.3 is 12.0 Å². The monoisotopic (exact) mass is 574 g/mol. The van der Waals surface area contributed by atoms with Crippen LogP contribution in [0.4, 0.5) is 4.79 Å². The lowest BCUT2D eigenvalue weighted by Gasteiger charge is -2.49. The van der Waals surface area contributed by atoms with Crippen molar-refractivity contribution >= 4 is 53.2 Å². The van der Waals surface area contributed by atoms with E-state index < -0.39 is 47.2 Å². The molecule has 0 saturated carbocycles. The first-order valence-electron chi connectivity index (χ1n) is 11.6. The van der Waals surface area contributed by atoms with Gasteiger partial charge in [-0.25, -0.2) is 14.3 Å². The quantitative estimate of drug-likeness (QED) is 0.275. The van der Waals surface area contributed by atoms with E-state index in [2.05, 4.69) is 26.2 Å². The van der Waals surface area contributed by atoms with Crippen LogP contribution in [0.5, 0.6) is 0 Å². The number of aromatic nitrogens is 4. The van der Waals surface area contributed by atoms with Crippen molar-refractivity contribution in [1.29, 1.82) is 0 Å². The fraction of sp³-hybridized carbons (Fsp3) is 0.364. The number of carbonyl (C=O) groups is 5. The Morgan fingerprint density at radius 3 is 2.67 bits per heavy atom. The van der Waals surface area contributed by atoms with Crippen LogP contribution in [0.3, 0.4) is 0 Å². The highest BCUT2D eigenvalue weighted by Gasteiger charge is 2.54. The molecule has 5 amide bonds. The van der Waals surface area contributed by atoms with Crippen LogP contribution in [-0.4, -0.2) is 94.5 Å². The maximum Gasteiger partial charge on any atom is 0.352 e. The third-order valence-corrected chi connectivity index (χ3v) is 8.55. The average Bonchev–Trinajstić information content (AvgIpc) is 3.55. The minimum absolute atomic E-state index is 0.0380. The Bertz CT molecular complexity index is 1370. The smallest absolute Gasteiger partial charge is 0.352 e. The number of hydrogen-bond donors (Lipinski definition) is 3. The highest BCUT2D eigenvalue weighted by molar-refractivity contribution is 8.01. The number of β-lactam (4-membered cyclic amide) rings is 1. The number of aliphatic carboxylic acids is 1. The second-order valence-corrected chi connectivity index (χ2v) is 10.6. The first-order chi connectivity index (χ1) is 18.8. The van der Waals surface area contributed by atoms with E-state index in [9.17, 15) is 29.1 Å². The molecule has 3 aliphatic heterocycles. The Labute approximate surface area is 229 Å². The van der Waals surface area contributed by atoms with Gasteiger partial charge in [-0.05, 0) is 21.6 Å². The summed E-state index contributed by atoms with van der Waals surface area (Å²) in [5.41, 5.74) is 0.813. The molecular formula is C22H22N8O7S2. The molecule has 0 radical (unpaired) electrons. The molecule has 2 fully saturated rings. The summed E-state index contributed by atoms with van der Waals surface area (Å²) >= 11 is 2.56. The molecule has 39 heavy (non-hydrogen) atoms. The number of benzene rings is 1. The highest BCUT2D eigenvalue weighted by Crippen LogP contribution is 2.41. The zero-order valence-electron chi connectivity index (χ0n) is 20.3. The average molecular weight is 575 g/mol. The molecule has 3 atom stereocenters. The van der Waals surface area contributed by atoms with Crippen molar-refractivity contribution in [3.63, 3.8) is 0 Å². The number of carboxylic acids is 1. The van der Waals surface area contributed by atoms with Crippen molar-refractivity contribution in [3.05, 3.63) is 47.2 Å². The lowest BCUT2D eigenvalue weighted by atomic mass is 10.0. The predicted octanol–water partition coefficient (Wildman–Crippen LogP) is -0.344. The van der Waals surface area contributed by atoms with E-state index in [0.717, 1.165) is 0 Å². The maximum atomic E-state index is 13.3. The molecule has 2 unspecified atom stereocenters. The lowest BCUT2D eigenvalue weighted by molar-refractivity contribution is -0.151. The van der Waals surface area contributed by atoms with Crippen molar-refractivity contribution in [3.8, 4) is 0 Å². The maximum absolute atomic E-state index is 13.3. The number of amides is 5. The van der Waals surface area contributed by atoms with Crippen LogP contribution in [-0.2, 0) is 31.1 Å². The second-order valence-electron chi connectivity index (χ2n) is 8.59. The Morgan fingerprint density at radius 2 is 2.03 bits per heavy atom. The second kappa shape index (κ2) is 11.0. The third-order valence-electron chi connectivity index (χ3n) is 6.11. The van der Waals surface area contributed by atoms with Crippen LogP contribution in [0, 0.1) is 0 Å². The number of imide groups is 1. The molecule has 0 bridgehead atoms. The summed E-state index contributed by atoms with van der Waals surface area (Å²) in [7, 11) is 1.66. The largest absolute Gasteiger partial charge is 0.477 e. The summed E-state index contributed by atoms with van der Waals surface area (Å²) in [6.45, 7) is 0.0508. The Morgan fingerprint density at radius 1 is 1.26 bits per heavy atom. The Kier molecular flexibility index (Phi) is 7.53. The standard InChI is InChI=1S/C22H22N8O7S2/c1-28-22(25-26-27-28)39-10-12-9-38-19-15(18(33)29(19)16(12)20(34)35)23-17(32)14(11-5-3-2-4-6-11)24-21(36)30-13(31)7-8-37-30/h2-6,14-15,19H,7-10H2,1H3,(H,23,32)(H,24,36)(H,34,35)/t14?,15?,19-/m0/s1. The van der Waals surface area contributed by atoms with E-state index in [0.29, 0.717) is 27.1 Å². The van der Waals surface area contributed by atoms with E-state index in [1.165, 1.54) is 33.1 Å². The van der Waals surface area contributed by atoms with Crippen molar-refractivity contribution in [2.24, 2.45) is 7.05 Å². The molecule has 204 valence electrons. The molecule has 2 aromatic rings. The number of fused-ring (bicyclic) bond motifs is 1. The zero-order valence-corrected chi connectivity index (χ0v) is 22.0. The number of hydroxylamine groups is 2. The highest BCUT2D eigenvalue weighted by atomic mass is 32.2. The number of nitrogens with zero attached hydrogens (tertiary/aromatic N) is 6. The van der Waals surface area contributed by atoms with Gasteiger partial charge in [-0.1, -0.05) is 42.1 Å². The van der Waals surface area contributed by atoms with Gasteiger partial charge in [0.1, 0.15) is 23.2 Å². The molecule has 0 spiro atoms. The van der Waals surface area contributed by atoms with Crippen LogP contribution >= 0.6 is 23.5 Å². The van der Waals surface area contributed by atoms with Crippen LogP contribution < -0.4 is 10.6 Å². The summed E-state index contributed by atoms with van der Waals surface area (Å²) in [6.07, 6.45) is 0.0380. The SMILES string of the molecule is Cn1nnnc1SCC1=C(C(=O)O)N2C(=O)C(NC(=O)C(NC(=O)N3OCCC3=O)c3ccccc3)[C@@H]2SC1. The molecule has 0 aliphatic carbocycles. The van der Waals surface area contributed by atoms with Crippen molar-refractivity contribution in [1.82, 2.24) is 40.8 Å². The van der Waals surface area contributed by atoms with Crippen LogP contribution in [0.25, 0.3) is 0 Å². The van der Waals surface area contributed by atoms with E-state index in [1.807, 2.05) is 0 Å². The van der Waals surface area contributed by atoms with Crippen LogP contribution in [0.1, 0.15) is 18.0 Å². The number of rotatable bonds is 8. The molecule has 4 heterocycles. The molecule has 3 aliphatic rings. The predicted molar refractivity (Wildman–Crippen MR) is 134 cm³/mol. The third kappa shape index (κ3) is 5.19. The summed E-state index contributed by atoms with van der Waals surface area (Å²) in [5.74, 6) is -2.51. The van der Waals surface area contributed by atoms with Crippen molar-refractivity contribution < 1.29 is 33.9 Å². The molecule has 5 rings (SSSR count). The molecule has 15 nitrogen and oxygen atoms in total. The molecule has 3 N–H and O–H groups in total. The number of carbonyl (C=O) groups excluding carboxylic acids is 4.